The summed E-state index contributed by atoms with van der Waals surface area (Å²) >= 11 is 5.73. The molecule has 0 radical (unpaired) electrons. The van der Waals surface area contributed by atoms with Gasteiger partial charge in [-0.05, 0) is 19.0 Å². The monoisotopic (exact) mass is 205 g/mol. The Hall–Kier alpha value is -0.0431. The van der Waals surface area contributed by atoms with Crippen LogP contribution in [-0.2, 0) is 4.43 Å². The van der Waals surface area contributed by atoms with E-state index in [4.69, 9.17) is 21.3 Å². The zero-order valence-corrected chi connectivity index (χ0v) is 9.85. The lowest BCUT2D eigenvalue weighted by Crippen LogP contribution is -2.39. The maximum absolute atomic E-state index is 8.76. The molecule has 1 atom stereocenters. The third-order valence-corrected chi connectivity index (χ3v) is 4.97. The van der Waals surface area contributed by atoms with Crippen molar-refractivity contribution in [3.63, 3.8) is 0 Å². The molecule has 0 amide bonds. The summed E-state index contributed by atoms with van der Waals surface area (Å²) in [7, 11) is -1.78. The second kappa shape index (κ2) is 4.86. The van der Waals surface area contributed by atoms with Crippen LogP contribution in [-0.4, -0.2) is 19.9 Å². The predicted octanol–water partition coefficient (Wildman–Crippen LogP) is 2.53. The Balaban J connectivity index is 4.14. The van der Waals surface area contributed by atoms with E-state index in [1.165, 1.54) is 0 Å². The summed E-state index contributed by atoms with van der Waals surface area (Å²) in [6.45, 7) is 8.00. The summed E-state index contributed by atoms with van der Waals surface area (Å²) in [6, 6.07) is 2.15. The predicted molar refractivity (Wildman–Crippen MR) is 53.5 cm³/mol. The molecule has 0 bridgehead atoms. The summed E-state index contributed by atoms with van der Waals surface area (Å²) in [6.07, 6.45) is -0.301. The Kier molecular flexibility index (Phi) is 4.84. The van der Waals surface area contributed by atoms with Gasteiger partial charge in [-0.25, -0.2) is 0 Å². The van der Waals surface area contributed by atoms with Gasteiger partial charge in [-0.15, -0.1) is 11.6 Å². The Morgan fingerprint density at radius 3 is 2.25 bits per heavy atom. The lowest BCUT2D eigenvalue weighted by molar-refractivity contribution is 0.197. The molecule has 0 aliphatic carbocycles. The van der Waals surface area contributed by atoms with Crippen LogP contribution in [0.4, 0.5) is 0 Å². The zero-order chi connectivity index (χ0) is 9.78. The molecule has 0 N–H and O–H groups in total. The zero-order valence-electron chi connectivity index (χ0n) is 8.10. The van der Waals surface area contributed by atoms with Crippen molar-refractivity contribution < 1.29 is 4.43 Å². The summed E-state index contributed by atoms with van der Waals surface area (Å²) in [5.74, 6) is 0.241. The number of hydrogen-bond donors (Lipinski definition) is 0. The van der Waals surface area contributed by atoms with Crippen LogP contribution < -0.4 is 0 Å². The van der Waals surface area contributed by atoms with Gasteiger partial charge in [0, 0.05) is 5.50 Å². The first-order valence-corrected chi connectivity index (χ1v) is 7.71. The minimum Gasteiger partial charge on any atom is -0.400 e. The first-order valence-electron chi connectivity index (χ1n) is 4.06. The molecule has 70 valence electrons. The molecule has 0 spiro atoms. The van der Waals surface area contributed by atoms with Crippen molar-refractivity contribution in [2.75, 3.05) is 5.50 Å². The topological polar surface area (TPSA) is 33.0 Å². The van der Waals surface area contributed by atoms with Gasteiger partial charge in [0.05, 0.1) is 6.07 Å². The molecule has 0 heterocycles. The summed E-state index contributed by atoms with van der Waals surface area (Å²) in [5.41, 5.74) is 0.540. The van der Waals surface area contributed by atoms with Crippen LogP contribution in [0.1, 0.15) is 13.8 Å². The van der Waals surface area contributed by atoms with Crippen LogP contribution in [0, 0.1) is 17.2 Å². The number of rotatable bonds is 4. The van der Waals surface area contributed by atoms with Crippen molar-refractivity contribution in [2.45, 2.75) is 33.0 Å². The van der Waals surface area contributed by atoms with E-state index in [1.807, 2.05) is 26.9 Å². The van der Waals surface area contributed by atoms with Gasteiger partial charge in [0.15, 0.2) is 0 Å². The van der Waals surface area contributed by atoms with Crippen molar-refractivity contribution >= 4 is 19.9 Å². The second-order valence-electron chi connectivity index (χ2n) is 3.80. The normalized spacial score (nSPS) is 14.4. The molecule has 4 heteroatoms. The highest BCUT2D eigenvalue weighted by Crippen LogP contribution is 2.14. The van der Waals surface area contributed by atoms with Crippen LogP contribution in [0.3, 0.4) is 0 Å². The maximum Gasteiger partial charge on any atom is 0.203 e. The van der Waals surface area contributed by atoms with E-state index in [9.17, 15) is 0 Å². The molecule has 0 aliphatic heterocycles. The van der Waals surface area contributed by atoms with Crippen LogP contribution in [0.5, 0.6) is 0 Å². The first-order chi connectivity index (χ1) is 5.43. The van der Waals surface area contributed by atoms with E-state index < -0.39 is 8.32 Å². The standard InChI is InChI=1S/C8H16ClNOSi/c1-7(2)8(5-10)11-12(3,4)6-9/h7-8H,6H2,1-4H3. The molecule has 12 heavy (non-hydrogen) atoms. The van der Waals surface area contributed by atoms with Crippen LogP contribution in [0.15, 0.2) is 0 Å². The third kappa shape index (κ3) is 4.10. The lowest BCUT2D eigenvalue weighted by Gasteiger charge is -2.25. The number of alkyl halides is 1. The van der Waals surface area contributed by atoms with Gasteiger partial charge < -0.3 is 4.43 Å². The third-order valence-electron chi connectivity index (χ3n) is 1.50. The Bertz CT molecular complexity index is 176. The number of nitriles is 1. The number of nitrogens with zero attached hydrogens (tertiary/aromatic N) is 1. The minimum absolute atomic E-state index is 0.241. The lowest BCUT2D eigenvalue weighted by atomic mass is 10.1. The smallest absolute Gasteiger partial charge is 0.203 e. The largest absolute Gasteiger partial charge is 0.400 e. The van der Waals surface area contributed by atoms with E-state index in [0.29, 0.717) is 5.50 Å². The van der Waals surface area contributed by atoms with Crippen molar-refractivity contribution in [2.24, 2.45) is 5.92 Å². The average molecular weight is 206 g/mol. The molecule has 2 nitrogen and oxygen atoms in total. The van der Waals surface area contributed by atoms with Gasteiger partial charge in [-0.1, -0.05) is 13.8 Å². The average Bonchev–Trinajstić information content (AvgIpc) is 2.00. The summed E-state index contributed by atoms with van der Waals surface area (Å²) < 4.78 is 5.64. The van der Waals surface area contributed by atoms with Crippen molar-refractivity contribution in [1.29, 1.82) is 5.26 Å². The number of halogens is 1. The molecular formula is C8H16ClNOSi. The van der Waals surface area contributed by atoms with E-state index in [0.717, 1.165) is 0 Å². The van der Waals surface area contributed by atoms with E-state index >= 15 is 0 Å². The summed E-state index contributed by atoms with van der Waals surface area (Å²) in [4.78, 5) is 0. The van der Waals surface area contributed by atoms with Gasteiger partial charge in [0.1, 0.15) is 6.10 Å². The molecule has 0 saturated carbocycles. The molecule has 0 aromatic rings. The Labute approximate surface area is 80.6 Å². The highest BCUT2D eigenvalue weighted by molar-refractivity contribution is 6.77. The van der Waals surface area contributed by atoms with Crippen molar-refractivity contribution in [3.8, 4) is 6.07 Å². The molecule has 0 fully saturated rings. The van der Waals surface area contributed by atoms with Gasteiger partial charge in [-0.2, -0.15) is 5.26 Å². The van der Waals surface area contributed by atoms with Crippen molar-refractivity contribution in [3.05, 3.63) is 0 Å². The Morgan fingerprint density at radius 2 is 2.00 bits per heavy atom. The SMILES string of the molecule is CC(C)C(C#N)O[Si](C)(C)CCl. The van der Waals surface area contributed by atoms with E-state index in [1.54, 1.807) is 0 Å². The maximum atomic E-state index is 8.76. The van der Waals surface area contributed by atoms with Crippen LogP contribution in [0.2, 0.25) is 13.1 Å². The minimum atomic E-state index is -1.78. The molecule has 0 saturated heterocycles. The molecule has 0 rings (SSSR count). The molecule has 1 unspecified atom stereocenters. The number of hydrogen-bond acceptors (Lipinski definition) is 2. The van der Waals surface area contributed by atoms with Gasteiger partial charge >= 0.3 is 0 Å². The van der Waals surface area contributed by atoms with Crippen LogP contribution >= 0.6 is 11.6 Å². The van der Waals surface area contributed by atoms with Crippen molar-refractivity contribution in [1.82, 2.24) is 0 Å². The summed E-state index contributed by atoms with van der Waals surface area (Å²) in [5, 5.41) is 8.76. The fraction of sp³-hybridized carbons (Fsp3) is 0.875. The van der Waals surface area contributed by atoms with E-state index in [2.05, 4.69) is 6.07 Å². The highest BCUT2D eigenvalue weighted by Gasteiger charge is 2.27. The van der Waals surface area contributed by atoms with Gasteiger partial charge in [0.25, 0.3) is 0 Å². The van der Waals surface area contributed by atoms with Gasteiger partial charge in [0.2, 0.25) is 8.32 Å². The highest BCUT2D eigenvalue weighted by atomic mass is 35.5. The Morgan fingerprint density at radius 1 is 1.50 bits per heavy atom. The first kappa shape index (κ1) is 12.0. The second-order valence-corrected chi connectivity index (χ2v) is 8.63. The molecular weight excluding hydrogens is 190 g/mol. The molecule has 0 aromatic carbocycles. The molecule has 0 aliphatic rings. The fourth-order valence-electron chi connectivity index (χ4n) is 0.687. The van der Waals surface area contributed by atoms with Crippen LogP contribution in [0.25, 0.3) is 0 Å². The fourth-order valence-corrected chi connectivity index (χ4v) is 1.95. The molecule has 0 aromatic heterocycles. The van der Waals surface area contributed by atoms with Gasteiger partial charge in [-0.3, -0.25) is 0 Å². The van der Waals surface area contributed by atoms with E-state index in [-0.39, 0.29) is 12.0 Å². The quantitative estimate of drug-likeness (QED) is 0.522.